The highest BCUT2D eigenvalue weighted by molar-refractivity contribution is 5.47. The first kappa shape index (κ1) is 23.8. The van der Waals surface area contributed by atoms with Gasteiger partial charge in [-0.1, -0.05) is 111 Å². The minimum Gasteiger partial charge on any atom is -0.395 e. The number of aliphatic hydroxyl groups excluding tert-OH is 1. The highest BCUT2D eigenvalue weighted by atomic mass is 16.7. The molecule has 0 fully saturated rings. The first-order chi connectivity index (χ1) is 16.6. The van der Waals surface area contributed by atoms with Gasteiger partial charge in [-0.25, -0.2) is 0 Å². The normalized spacial score (nSPS) is 12.7. The monoisotopic (exact) mass is 452 g/mol. The van der Waals surface area contributed by atoms with Crippen molar-refractivity contribution in [2.75, 3.05) is 6.61 Å². The lowest BCUT2D eigenvalue weighted by Crippen LogP contribution is -2.48. The Morgan fingerprint density at radius 3 is 1.59 bits per heavy atom. The summed E-state index contributed by atoms with van der Waals surface area (Å²) in [5.74, 6) is 0.161. The number of aromatic nitrogens is 1. The molecule has 0 saturated carbocycles. The van der Waals surface area contributed by atoms with E-state index in [0.717, 1.165) is 22.4 Å². The highest BCUT2D eigenvalue weighted by Crippen LogP contribution is 2.42. The second kappa shape index (κ2) is 11.2. The van der Waals surface area contributed by atoms with Crippen LogP contribution < -0.4 is 0 Å². The fraction of sp³-hybridized carbons (Fsp3) is 0.233. The van der Waals surface area contributed by atoms with Gasteiger partial charge in [0.05, 0.1) is 24.9 Å². The molecule has 174 valence electrons. The number of hydroxylamine groups is 2. The van der Waals surface area contributed by atoms with E-state index in [1.807, 2.05) is 77.9 Å². The molecule has 34 heavy (non-hydrogen) atoms. The molecule has 0 spiro atoms. The van der Waals surface area contributed by atoms with E-state index in [0.29, 0.717) is 6.54 Å². The minimum absolute atomic E-state index is 0.0288. The standard InChI is InChI=1S/C30H32N2O2/c1-24(2)29(23-33)32(22-28-20-12-13-21-31-28)34-30(25-14-6-3-7-15-25,26-16-8-4-9-17-26)27-18-10-5-11-19-27/h3-21,24,29,33H,22-23H2,1-2H3/t29-/m0/s1. The zero-order chi connectivity index (χ0) is 23.8. The molecule has 1 atom stereocenters. The summed E-state index contributed by atoms with van der Waals surface area (Å²) in [5.41, 5.74) is 3.00. The average Bonchev–Trinajstić information content (AvgIpc) is 2.89. The molecule has 0 amide bonds. The van der Waals surface area contributed by atoms with Crippen molar-refractivity contribution >= 4 is 0 Å². The van der Waals surface area contributed by atoms with E-state index in [1.165, 1.54) is 0 Å². The largest absolute Gasteiger partial charge is 0.395 e. The van der Waals surface area contributed by atoms with Crippen molar-refractivity contribution in [1.82, 2.24) is 10.0 Å². The summed E-state index contributed by atoms with van der Waals surface area (Å²) in [4.78, 5) is 11.7. The molecule has 0 unspecified atom stereocenters. The van der Waals surface area contributed by atoms with Crippen molar-refractivity contribution in [3.05, 3.63) is 138 Å². The van der Waals surface area contributed by atoms with Crippen molar-refractivity contribution < 1.29 is 9.94 Å². The van der Waals surface area contributed by atoms with Crippen LogP contribution in [0.15, 0.2) is 115 Å². The van der Waals surface area contributed by atoms with E-state index in [9.17, 15) is 5.11 Å². The summed E-state index contributed by atoms with van der Waals surface area (Å²) < 4.78 is 0. The highest BCUT2D eigenvalue weighted by Gasteiger charge is 2.42. The molecule has 0 aliphatic carbocycles. The molecule has 0 saturated heterocycles. The molecular formula is C30H32N2O2. The molecule has 4 heteroatoms. The van der Waals surface area contributed by atoms with Crippen LogP contribution in [-0.4, -0.2) is 27.8 Å². The van der Waals surface area contributed by atoms with E-state index in [1.54, 1.807) is 6.20 Å². The number of rotatable bonds is 10. The van der Waals surface area contributed by atoms with Crippen LogP contribution in [-0.2, 0) is 17.0 Å². The SMILES string of the molecule is CC(C)[C@H](CO)N(Cc1ccccn1)OC(c1ccccc1)(c1ccccc1)c1ccccc1. The van der Waals surface area contributed by atoms with Crippen molar-refractivity contribution in [3.63, 3.8) is 0 Å². The molecule has 0 aliphatic heterocycles. The predicted molar refractivity (Wildman–Crippen MR) is 136 cm³/mol. The van der Waals surface area contributed by atoms with E-state index >= 15 is 0 Å². The molecule has 0 bridgehead atoms. The van der Waals surface area contributed by atoms with Crippen LogP contribution in [0.5, 0.6) is 0 Å². The topological polar surface area (TPSA) is 45.6 Å². The van der Waals surface area contributed by atoms with Crippen LogP contribution in [0.4, 0.5) is 0 Å². The van der Waals surface area contributed by atoms with Crippen LogP contribution in [0, 0.1) is 5.92 Å². The fourth-order valence-electron chi connectivity index (χ4n) is 4.36. The molecule has 0 aliphatic rings. The van der Waals surface area contributed by atoms with Gasteiger partial charge >= 0.3 is 0 Å². The van der Waals surface area contributed by atoms with Crippen LogP contribution >= 0.6 is 0 Å². The van der Waals surface area contributed by atoms with Crippen molar-refractivity contribution in [2.24, 2.45) is 5.92 Å². The maximum atomic E-state index is 10.4. The first-order valence-corrected chi connectivity index (χ1v) is 11.8. The van der Waals surface area contributed by atoms with E-state index in [2.05, 4.69) is 55.2 Å². The summed E-state index contributed by atoms with van der Waals surface area (Å²) in [5, 5.41) is 12.3. The van der Waals surface area contributed by atoms with Gasteiger partial charge in [-0.05, 0) is 34.7 Å². The fourth-order valence-corrected chi connectivity index (χ4v) is 4.36. The maximum absolute atomic E-state index is 10.4. The number of pyridine rings is 1. The van der Waals surface area contributed by atoms with Crippen molar-refractivity contribution in [2.45, 2.75) is 32.0 Å². The quantitative estimate of drug-likeness (QED) is 0.243. The van der Waals surface area contributed by atoms with Gasteiger partial charge in [-0.3, -0.25) is 9.82 Å². The summed E-state index contributed by atoms with van der Waals surface area (Å²) in [7, 11) is 0. The lowest BCUT2D eigenvalue weighted by molar-refractivity contribution is -0.262. The van der Waals surface area contributed by atoms with Crippen molar-refractivity contribution in [3.8, 4) is 0 Å². The third-order valence-corrected chi connectivity index (χ3v) is 6.17. The Morgan fingerprint density at radius 2 is 1.21 bits per heavy atom. The van der Waals surface area contributed by atoms with Crippen LogP contribution in [0.2, 0.25) is 0 Å². The van der Waals surface area contributed by atoms with Gasteiger partial charge < -0.3 is 5.11 Å². The molecular weight excluding hydrogens is 420 g/mol. The minimum atomic E-state index is -0.916. The molecule has 1 N–H and O–H groups in total. The third-order valence-electron chi connectivity index (χ3n) is 6.17. The summed E-state index contributed by atoms with van der Waals surface area (Å²) in [6.07, 6.45) is 1.79. The number of hydrogen-bond donors (Lipinski definition) is 1. The molecule has 4 nitrogen and oxygen atoms in total. The predicted octanol–water partition coefficient (Wildman–Crippen LogP) is 5.82. The second-order valence-electron chi connectivity index (χ2n) is 8.76. The number of nitrogens with zero attached hydrogens (tertiary/aromatic N) is 2. The van der Waals surface area contributed by atoms with E-state index in [4.69, 9.17) is 4.84 Å². The smallest absolute Gasteiger partial charge is 0.165 e. The Morgan fingerprint density at radius 1 is 0.735 bits per heavy atom. The average molecular weight is 453 g/mol. The number of aliphatic hydroxyl groups is 1. The third kappa shape index (κ3) is 5.10. The Kier molecular flexibility index (Phi) is 7.86. The lowest BCUT2D eigenvalue weighted by atomic mass is 9.80. The van der Waals surface area contributed by atoms with Crippen LogP contribution in [0.3, 0.4) is 0 Å². The van der Waals surface area contributed by atoms with Crippen LogP contribution in [0.25, 0.3) is 0 Å². The maximum Gasteiger partial charge on any atom is 0.165 e. The van der Waals surface area contributed by atoms with Gasteiger partial charge in [-0.15, -0.1) is 0 Å². The summed E-state index contributed by atoms with van der Waals surface area (Å²) in [6.45, 7) is 4.62. The van der Waals surface area contributed by atoms with Gasteiger partial charge in [0.1, 0.15) is 0 Å². The molecule has 1 heterocycles. The van der Waals surface area contributed by atoms with E-state index < -0.39 is 5.60 Å². The first-order valence-electron chi connectivity index (χ1n) is 11.8. The molecule has 3 aromatic carbocycles. The van der Waals surface area contributed by atoms with E-state index in [-0.39, 0.29) is 18.6 Å². The molecule has 1 aromatic heterocycles. The number of benzene rings is 3. The molecule has 4 rings (SSSR count). The van der Waals surface area contributed by atoms with Crippen molar-refractivity contribution in [1.29, 1.82) is 0 Å². The molecule has 0 radical (unpaired) electrons. The zero-order valence-electron chi connectivity index (χ0n) is 19.8. The summed E-state index contributed by atoms with van der Waals surface area (Å²) >= 11 is 0. The van der Waals surface area contributed by atoms with Gasteiger partial charge in [0, 0.05) is 6.20 Å². The Hall–Kier alpha value is -3.31. The Balaban J connectivity index is 1.92. The van der Waals surface area contributed by atoms with Gasteiger partial charge in [0.25, 0.3) is 0 Å². The number of hydrogen-bond acceptors (Lipinski definition) is 4. The zero-order valence-corrected chi connectivity index (χ0v) is 19.8. The van der Waals surface area contributed by atoms with Gasteiger partial charge in [0.15, 0.2) is 5.60 Å². The van der Waals surface area contributed by atoms with Gasteiger partial charge in [-0.2, -0.15) is 5.06 Å². The Bertz CT molecular complexity index is 1020. The second-order valence-corrected chi connectivity index (χ2v) is 8.76. The van der Waals surface area contributed by atoms with Gasteiger partial charge in [0.2, 0.25) is 0 Å². The Labute approximate surface area is 202 Å². The molecule has 4 aromatic rings. The summed E-state index contributed by atoms with van der Waals surface area (Å²) in [6, 6.07) is 36.5. The lowest BCUT2D eigenvalue weighted by Gasteiger charge is -2.42. The van der Waals surface area contributed by atoms with Crippen LogP contribution in [0.1, 0.15) is 36.2 Å².